The second-order valence-electron chi connectivity index (χ2n) is 8.51. The summed E-state index contributed by atoms with van der Waals surface area (Å²) in [7, 11) is 0. The van der Waals surface area contributed by atoms with Gasteiger partial charge in [0.05, 0.1) is 5.56 Å². The maximum absolute atomic E-state index is 12.5. The van der Waals surface area contributed by atoms with Gasteiger partial charge in [0.15, 0.2) is 0 Å². The predicted octanol–water partition coefficient (Wildman–Crippen LogP) is 3.66. The van der Waals surface area contributed by atoms with Crippen LogP contribution in [-0.2, 0) is 5.41 Å². The SMILES string of the molecule is CC(C)(C)c1ccc(C(=O)NCC2CCN(C(=O)c3cccnc3)CC2)cc1. The fourth-order valence-electron chi connectivity index (χ4n) is 3.47. The number of nitrogens with one attached hydrogen (secondary N) is 1. The van der Waals surface area contributed by atoms with Crippen molar-refractivity contribution >= 4 is 11.8 Å². The third-order valence-electron chi connectivity index (χ3n) is 5.37. The van der Waals surface area contributed by atoms with E-state index in [0.29, 0.717) is 36.7 Å². The van der Waals surface area contributed by atoms with Crippen LogP contribution < -0.4 is 5.32 Å². The van der Waals surface area contributed by atoms with Crippen LogP contribution in [0.4, 0.5) is 0 Å². The quantitative estimate of drug-likeness (QED) is 0.882. The average Bonchev–Trinajstić information content (AvgIpc) is 2.72. The van der Waals surface area contributed by atoms with Crippen molar-refractivity contribution in [1.82, 2.24) is 15.2 Å². The molecule has 0 spiro atoms. The lowest BCUT2D eigenvalue weighted by atomic mass is 9.86. The maximum Gasteiger partial charge on any atom is 0.255 e. The Morgan fingerprint density at radius 3 is 2.32 bits per heavy atom. The monoisotopic (exact) mass is 379 g/mol. The van der Waals surface area contributed by atoms with E-state index in [0.717, 1.165) is 12.8 Å². The number of carbonyl (C=O) groups excluding carboxylic acids is 2. The maximum atomic E-state index is 12.5. The van der Waals surface area contributed by atoms with E-state index in [1.807, 2.05) is 29.2 Å². The number of hydrogen-bond acceptors (Lipinski definition) is 3. The third kappa shape index (κ3) is 4.97. The van der Waals surface area contributed by atoms with Gasteiger partial charge in [0.25, 0.3) is 11.8 Å². The standard InChI is InChI=1S/C23H29N3O2/c1-23(2,3)20-8-6-18(7-9-20)21(27)25-15-17-10-13-26(14-11-17)22(28)19-5-4-12-24-16-19/h4-9,12,16-17H,10-11,13-15H2,1-3H3,(H,25,27). The highest BCUT2D eigenvalue weighted by Gasteiger charge is 2.24. The van der Waals surface area contributed by atoms with Gasteiger partial charge < -0.3 is 10.2 Å². The summed E-state index contributed by atoms with van der Waals surface area (Å²) in [6.07, 6.45) is 5.08. The van der Waals surface area contributed by atoms with Crippen molar-refractivity contribution in [3.05, 3.63) is 65.5 Å². The van der Waals surface area contributed by atoms with Gasteiger partial charge in [-0.15, -0.1) is 0 Å². The second-order valence-corrected chi connectivity index (χ2v) is 8.51. The van der Waals surface area contributed by atoms with E-state index in [2.05, 4.69) is 31.1 Å². The number of carbonyl (C=O) groups is 2. The van der Waals surface area contributed by atoms with Gasteiger partial charge in [-0.3, -0.25) is 14.6 Å². The van der Waals surface area contributed by atoms with Crippen molar-refractivity contribution in [3.63, 3.8) is 0 Å². The van der Waals surface area contributed by atoms with E-state index in [1.54, 1.807) is 24.5 Å². The van der Waals surface area contributed by atoms with Gasteiger partial charge in [0.1, 0.15) is 0 Å². The summed E-state index contributed by atoms with van der Waals surface area (Å²) in [5.74, 6) is 0.402. The second kappa shape index (κ2) is 8.55. The molecular weight excluding hydrogens is 350 g/mol. The first kappa shape index (κ1) is 20.1. The average molecular weight is 380 g/mol. The number of hydrogen-bond donors (Lipinski definition) is 1. The lowest BCUT2D eigenvalue weighted by molar-refractivity contribution is 0.0684. The van der Waals surface area contributed by atoms with Gasteiger partial charge in [-0.05, 0) is 54.0 Å². The summed E-state index contributed by atoms with van der Waals surface area (Å²) in [4.78, 5) is 30.8. The molecule has 5 heteroatoms. The van der Waals surface area contributed by atoms with E-state index < -0.39 is 0 Å². The Bertz CT molecular complexity index is 802. The van der Waals surface area contributed by atoms with Crippen molar-refractivity contribution in [2.75, 3.05) is 19.6 Å². The minimum atomic E-state index is -0.0330. The van der Waals surface area contributed by atoms with Gasteiger partial charge in [-0.2, -0.15) is 0 Å². The van der Waals surface area contributed by atoms with Gasteiger partial charge in [0, 0.05) is 37.6 Å². The number of amides is 2. The molecule has 28 heavy (non-hydrogen) atoms. The molecule has 1 N–H and O–H groups in total. The van der Waals surface area contributed by atoms with Crippen LogP contribution in [0, 0.1) is 5.92 Å². The zero-order valence-electron chi connectivity index (χ0n) is 16.9. The van der Waals surface area contributed by atoms with Gasteiger partial charge in [-0.1, -0.05) is 32.9 Å². The first-order valence-corrected chi connectivity index (χ1v) is 9.92. The molecule has 2 heterocycles. The van der Waals surface area contributed by atoms with Crippen LogP contribution in [0.3, 0.4) is 0 Å². The Balaban J connectivity index is 1.46. The zero-order chi connectivity index (χ0) is 20.1. The van der Waals surface area contributed by atoms with Crippen LogP contribution in [0.15, 0.2) is 48.8 Å². The molecule has 0 atom stereocenters. The summed E-state index contributed by atoms with van der Waals surface area (Å²) in [5, 5.41) is 3.05. The molecule has 1 aromatic heterocycles. The molecule has 0 saturated carbocycles. The fraction of sp³-hybridized carbons (Fsp3) is 0.435. The Morgan fingerprint density at radius 1 is 1.07 bits per heavy atom. The van der Waals surface area contributed by atoms with Crippen molar-refractivity contribution in [3.8, 4) is 0 Å². The molecule has 0 bridgehead atoms. The minimum Gasteiger partial charge on any atom is -0.352 e. The van der Waals surface area contributed by atoms with Crippen LogP contribution in [0.25, 0.3) is 0 Å². The summed E-state index contributed by atoms with van der Waals surface area (Å²) in [6, 6.07) is 11.4. The molecule has 5 nitrogen and oxygen atoms in total. The minimum absolute atomic E-state index is 0.0330. The first-order valence-electron chi connectivity index (χ1n) is 9.92. The van der Waals surface area contributed by atoms with Gasteiger partial charge in [0.2, 0.25) is 0 Å². The molecule has 1 aliphatic heterocycles. The molecule has 0 unspecified atom stereocenters. The Labute approximate surface area is 167 Å². The lowest BCUT2D eigenvalue weighted by Crippen LogP contribution is -2.41. The van der Waals surface area contributed by atoms with Crippen LogP contribution >= 0.6 is 0 Å². The van der Waals surface area contributed by atoms with Crippen molar-refractivity contribution in [2.45, 2.75) is 39.0 Å². The number of nitrogens with zero attached hydrogens (tertiary/aromatic N) is 2. The smallest absolute Gasteiger partial charge is 0.255 e. The number of benzene rings is 1. The van der Waals surface area contributed by atoms with Crippen molar-refractivity contribution in [2.24, 2.45) is 5.92 Å². The summed E-state index contributed by atoms with van der Waals surface area (Å²) in [5.41, 5.74) is 2.62. The van der Waals surface area contributed by atoms with E-state index in [-0.39, 0.29) is 17.2 Å². The molecular formula is C23H29N3O2. The molecule has 1 aromatic carbocycles. The van der Waals surface area contributed by atoms with Crippen LogP contribution in [0.1, 0.15) is 59.9 Å². The summed E-state index contributed by atoms with van der Waals surface area (Å²) in [6.45, 7) is 8.56. The molecule has 3 rings (SSSR count). The van der Waals surface area contributed by atoms with Crippen molar-refractivity contribution in [1.29, 1.82) is 0 Å². The molecule has 0 radical (unpaired) electrons. The molecule has 2 aromatic rings. The van der Waals surface area contributed by atoms with Gasteiger partial charge >= 0.3 is 0 Å². The van der Waals surface area contributed by atoms with Crippen LogP contribution in [-0.4, -0.2) is 41.3 Å². The molecule has 0 aliphatic carbocycles. The summed E-state index contributed by atoms with van der Waals surface area (Å²) >= 11 is 0. The molecule has 1 aliphatic rings. The normalized spacial score (nSPS) is 15.3. The molecule has 1 saturated heterocycles. The third-order valence-corrected chi connectivity index (χ3v) is 5.37. The zero-order valence-corrected chi connectivity index (χ0v) is 16.9. The Hall–Kier alpha value is -2.69. The Morgan fingerprint density at radius 2 is 1.75 bits per heavy atom. The van der Waals surface area contributed by atoms with E-state index in [1.165, 1.54) is 5.56 Å². The van der Waals surface area contributed by atoms with E-state index in [9.17, 15) is 9.59 Å². The topological polar surface area (TPSA) is 62.3 Å². The van der Waals surface area contributed by atoms with Gasteiger partial charge in [-0.25, -0.2) is 0 Å². The molecule has 1 fully saturated rings. The first-order chi connectivity index (χ1) is 13.3. The molecule has 148 valence electrons. The van der Waals surface area contributed by atoms with Crippen LogP contribution in [0.5, 0.6) is 0 Å². The largest absolute Gasteiger partial charge is 0.352 e. The fourth-order valence-corrected chi connectivity index (χ4v) is 3.47. The highest BCUT2D eigenvalue weighted by atomic mass is 16.2. The highest BCUT2D eigenvalue weighted by Crippen LogP contribution is 2.22. The van der Waals surface area contributed by atoms with Crippen LogP contribution in [0.2, 0.25) is 0 Å². The number of aromatic nitrogens is 1. The van der Waals surface area contributed by atoms with E-state index in [4.69, 9.17) is 0 Å². The highest BCUT2D eigenvalue weighted by molar-refractivity contribution is 5.94. The number of piperidine rings is 1. The number of rotatable bonds is 4. The molecule has 2 amide bonds. The number of likely N-dealkylation sites (tertiary alicyclic amines) is 1. The number of pyridine rings is 1. The predicted molar refractivity (Wildman–Crippen MR) is 110 cm³/mol. The van der Waals surface area contributed by atoms with E-state index >= 15 is 0 Å². The Kier molecular flexibility index (Phi) is 6.12. The summed E-state index contributed by atoms with van der Waals surface area (Å²) < 4.78 is 0. The van der Waals surface area contributed by atoms with Crippen molar-refractivity contribution < 1.29 is 9.59 Å². The lowest BCUT2D eigenvalue weighted by Gasteiger charge is -2.32.